The molecular formula is C35H34O7. The summed E-state index contributed by atoms with van der Waals surface area (Å²) < 4.78 is 0. The van der Waals surface area contributed by atoms with Crippen molar-refractivity contribution >= 4 is 28.9 Å². The van der Waals surface area contributed by atoms with E-state index in [9.17, 15) is 34.2 Å². The number of Topliss-reactive ketones (excluding diaryl/α,β-unsaturated/α-hetero) is 2. The molecule has 2 aromatic rings. The first-order valence-corrected chi connectivity index (χ1v) is 14.6. The molecule has 0 unspecified atom stereocenters. The van der Waals surface area contributed by atoms with Crippen LogP contribution in [0.3, 0.4) is 0 Å². The smallest absolute Gasteiger partial charge is 0.194 e. The first-order valence-electron chi connectivity index (χ1n) is 14.6. The number of hydrogen-bond donors (Lipinski definition) is 2. The second kappa shape index (κ2) is 9.89. The maximum Gasteiger partial charge on any atom is 0.194 e. The van der Waals surface area contributed by atoms with E-state index in [2.05, 4.69) is 0 Å². The number of allylic oxidation sites excluding steroid dienone is 4. The average Bonchev–Trinajstić information content (AvgIpc) is 3.26. The lowest BCUT2D eigenvalue weighted by Gasteiger charge is -2.56. The van der Waals surface area contributed by atoms with Gasteiger partial charge in [-0.3, -0.25) is 24.0 Å². The highest BCUT2D eigenvalue weighted by atomic mass is 16.3. The number of rotatable bonds is 2. The van der Waals surface area contributed by atoms with Gasteiger partial charge >= 0.3 is 0 Å². The summed E-state index contributed by atoms with van der Waals surface area (Å²) in [5.74, 6) is -0.718. The third kappa shape index (κ3) is 3.90. The van der Waals surface area contributed by atoms with Crippen molar-refractivity contribution in [3.05, 3.63) is 94.6 Å². The molecule has 6 atom stereocenters. The first kappa shape index (κ1) is 28.3. The van der Waals surface area contributed by atoms with E-state index in [-0.39, 0.29) is 47.3 Å². The molecule has 3 fully saturated rings. The lowest BCUT2D eigenvalue weighted by molar-refractivity contribution is -0.168. The lowest BCUT2D eigenvalue weighted by Crippen LogP contribution is -2.60. The summed E-state index contributed by atoms with van der Waals surface area (Å²) in [6, 6.07) is 13.9. The van der Waals surface area contributed by atoms with Gasteiger partial charge in [-0.25, -0.2) is 0 Å². The molecule has 7 nitrogen and oxygen atoms in total. The standard InChI is InChI=1S/C21H26O5.C14H8O2/c1-19-7-5-13(23)9-12(19)3-4-14-15-6-8-21(26,17(25)11-22)20(15,2)10-16(24)18(14)19;15-13-9-5-1-2-6-10(9)14(16)12-8-4-3-7-11(12)13/h5,7,9,14-15,18,22,26H,3-4,6,8,10-11H2,1-2H3;1-8H/t14-,15-,18+,19-,20-,21-;/m0./s1. The zero-order chi connectivity index (χ0) is 30.0. The summed E-state index contributed by atoms with van der Waals surface area (Å²) in [6.07, 6.45) is 7.82. The van der Waals surface area contributed by atoms with Gasteiger partial charge in [-0.05, 0) is 49.7 Å². The van der Waals surface area contributed by atoms with Crippen molar-refractivity contribution in [2.75, 3.05) is 6.61 Å². The van der Waals surface area contributed by atoms with Gasteiger partial charge in [0.25, 0.3) is 0 Å². The third-order valence-electron chi connectivity index (χ3n) is 10.8. The van der Waals surface area contributed by atoms with Gasteiger partial charge in [0.15, 0.2) is 23.1 Å². The van der Waals surface area contributed by atoms with Gasteiger partial charge in [0, 0.05) is 45.4 Å². The number of ketones is 5. The summed E-state index contributed by atoms with van der Waals surface area (Å²) in [5.41, 5.74) is 0.161. The minimum atomic E-state index is -1.62. The van der Waals surface area contributed by atoms with E-state index >= 15 is 0 Å². The lowest BCUT2D eigenvalue weighted by atomic mass is 9.46. The van der Waals surface area contributed by atoms with Gasteiger partial charge < -0.3 is 10.2 Å². The fourth-order valence-corrected chi connectivity index (χ4v) is 8.67. The Labute approximate surface area is 244 Å². The molecule has 0 radical (unpaired) electrons. The highest BCUT2D eigenvalue weighted by Gasteiger charge is 2.68. The summed E-state index contributed by atoms with van der Waals surface area (Å²) in [5, 5.41) is 20.5. The number of aliphatic hydroxyl groups is 2. The van der Waals surface area contributed by atoms with Crippen molar-refractivity contribution < 1.29 is 34.2 Å². The molecule has 42 heavy (non-hydrogen) atoms. The maximum atomic E-state index is 13.3. The summed E-state index contributed by atoms with van der Waals surface area (Å²) in [4.78, 5) is 61.6. The zero-order valence-electron chi connectivity index (χ0n) is 23.8. The van der Waals surface area contributed by atoms with E-state index in [1.54, 1.807) is 60.7 Å². The third-order valence-corrected chi connectivity index (χ3v) is 10.8. The van der Waals surface area contributed by atoms with E-state index < -0.39 is 28.8 Å². The number of benzene rings is 2. The second-order valence-electron chi connectivity index (χ2n) is 12.8. The van der Waals surface area contributed by atoms with Crippen molar-refractivity contribution in [2.45, 2.75) is 51.6 Å². The van der Waals surface area contributed by atoms with Crippen LogP contribution in [0.2, 0.25) is 0 Å². The Morgan fingerprint density at radius 2 is 1.43 bits per heavy atom. The molecule has 0 saturated heterocycles. The van der Waals surface area contributed by atoms with Crippen LogP contribution in [0.1, 0.15) is 77.8 Å². The van der Waals surface area contributed by atoms with Gasteiger partial charge in [-0.1, -0.05) is 74.0 Å². The maximum absolute atomic E-state index is 13.3. The highest BCUT2D eigenvalue weighted by Crippen LogP contribution is 2.66. The van der Waals surface area contributed by atoms with Crippen LogP contribution in [-0.2, 0) is 14.4 Å². The van der Waals surface area contributed by atoms with Crippen LogP contribution >= 0.6 is 0 Å². The zero-order valence-corrected chi connectivity index (χ0v) is 23.8. The Balaban J connectivity index is 0.000000168. The molecular weight excluding hydrogens is 532 g/mol. The van der Waals surface area contributed by atoms with Crippen molar-refractivity contribution in [3.63, 3.8) is 0 Å². The van der Waals surface area contributed by atoms with Crippen LogP contribution in [0.5, 0.6) is 0 Å². The van der Waals surface area contributed by atoms with E-state index in [1.807, 2.05) is 19.9 Å². The minimum absolute atomic E-state index is 0.0206. The van der Waals surface area contributed by atoms with Crippen molar-refractivity contribution in [1.82, 2.24) is 0 Å². The summed E-state index contributed by atoms with van der Waals surface area (Å²) >= 11 is 0. The van der Waals surface area contributed by atoms with Crippen LogP contribution < -0.4 is 0 Å². The van der Waals surface area contributed by atoms with Crippen LogP contribution in [0.15, 0.2) is 72.3 Å². The van der Waals surface area contributed by atoms with Gasteiger partial charge in [-0.2, -0.15) is 0 Å². The topological polar surface area (TPSA) is 126 Å². The molecule has 0 aromatic heterocycles. The van der Waals surface area contributed by atoms with Gasteiger partial charge in [0.1, 0.15) is 18.0 Å². The quantitative estimate of drug-likeness (QED) is 0.476. The monoisotopic (exact) mass is 566 g/mol. The SMILES string of the molecule is C[C@]12C=CC(=O)C=C1CC[C@@H]1[C@@H]2C(=O)C[C@@]2(C)[C@H]1CC[C@]2(O)C(=O)CO.O=C1c2ccccc2C(=O)c2ccccc21. The molecule has 0 amide bonds. The molecule has 0 heterocycles. The van der Waals surface area contributed by atoms with Crippen LogP contribution in [0.4, 0.5) is 0 Å². The van der Waals surface area contributed by atoms with Gasteiger partial charge in [-0.15, -0.1) is 0 Å². The van der Waals surface area contributed by atoms with Gasteiger partial charge in [0.05, 0.1) is 0 Å². The predicted octanol–water partition coefficient (Wildman–Crippen LogP) is 4.23. The van der Waals surface area contributed by atoms with Crippen molar-refractivity contribution in [3.8, 4) is 0 Å². The molecule has 3 saturated carbocycles. The number of fused-ring (bicyclic) bond motifs is 7. The number of carbonyl (C=O) groups excluding carboxylic acids is 5. The molecule has 0 bridgehead atoms. The summed E-state index contributed by atoms with van der Waals surface area (Å²) in [6.45, 7) is 3.19. The average molecular weight is 567 g/mol. The van der Waals surface area contributed by atoms with E-state index in [1.165, 1.54) is 0 Å². The Hall–Kier alpha value is -3.81. The molecule has 0 spiro atoms. The first-order chi connectivity index (χ1) is 20.0. The number of hydrogen-bond acceptors (Lipinski definition) is 7. The molecule has 216 valence electrons. The molecule has 5 aliphatic rings. The molecule has 2 N–H and O–H groups in total. The van der Waals surface area contributed by atoms with E-state index in [0.717, 1.165) is 18.4 Å². The van der Waals surface area contributed by atoms with E-state index in [4.69, 9.17) is 0 Å². The number of aliphatic hydroxyl groups excluding tert-OH is 1. The minimum Gasteiger partial charge on any atom is -0.388 e. The molecule has 0 aliphatic heterocycles. The fraction of sp³-hybridized carbons (Fsp3) is 0.400. The predicted molar refractivity (Wildman–Crippen MR) is 154 cm³/mol. The Morgan fingerprint density at radius 1 is 0.881 bits per heavy atom. The Morgan fingerprint density at radius 3 is 1.95 bits per heavy atom. The van der Waals surface area contributed by atoms with Crippen molar-refractivity contribution in [2.24, 2.45) is 28.6 Å². The normalized spacial score (nSPS) is 34.2. The molecule has 7 heteroatoms. The molecule has 7 rings (SSSR count). The van der Waals surface area contributed by atoms with Crippen LogP contribution in [-0.4, -0.2) is 51.3 Å². The second-order valence-corrected chi connectivity index (χ2v) is 12.8. The fourth-order valence-electron chi connectivity index (χ4n) is 8.67. The van der Waals surface area contributed by atoms with Crippen LogP contribution in [0.25, 0.3) is 0 Å². The Kier molecular flexibility index (Phi) is 6.67. The van der Waals surface area contributed by atoms with Gasteiger partial charge in [0.2, 0.25) is 0 Å². The van der Waals surface area contributed by atoms with Crippen LogP contribution in [0, 0.1) is 28.6 Å². The number of carbonyl (C=O) groups is 5. The Bertz CT molecular complexity index is 1510. The largest absolute Gasteiger partial charge is 0.388 e. The molecule has 5 aliphatic carbocycles. The summed E-state index contributed by atoms with van der Waals surface area (Å²) in [7, 11) is 0. The van der Waals surface area contributed by atoms with Crippen molar-refractivity contribution in [1.29, 1.82) is 0 Å². The van der Waals surface area contributed by atoms with E-state index in [0.29, 0.717) is 35.1 Å². The molecule has 2 aromatic carbocycles. The highest BCUT2D eigenvalue weighted by molar-refractivity contribution is 6.28.